The molecule has 0 spiro atoms. The van der Waals surface area contributed by atoms with E-state index in [1.54, 1.807) is 0 Å². The van der Waals surface area contributed by atoms with Crippen molar-refractivity contribution in [1.29, 1.82) is 0 Å². The van der Waals surface area contributed by atoms with Crippen molar-refractivity contribution in [2.75, 3.05) is 0 Å². The second-order valence-corrected chi connectivity index (χ2v) is 6.40. The number of ketones is 1. The Balaban J connectivity index is 1.88. The van der Waals surface area contributed by atoms with Gasteiger partial charge in [0, 0.05) is 24.4 Å². The predicted molar refractivity (Wildman–Crippen MR) is 87.2 cm³/mol. The van der Waals surface area contributed by atoms with Crippen LogP contribution in [0.5, 0.6) is 0 Å². The van der Waals surface area contributed by atoms with Gasteiger partial charge in [-0.1, -0.05) is 43.3 Å². The van der Waals surface area contributed by atoms with Crippen LogP contribution in [0.1, 0.15) is 56.6 Å². The average Bonchev–Trinajstić information content (AvgIpc) is 2.89. The molecule has 3 rings (SSSR count). The largest absolute Gasteiger partial charge is 0.310 e. The van der Waals surface area contributed by atoms with Crippen LogP contribution in [0.15, 0.2) is 30.3 Å². The topological polar surface area (TPSA) is 29.1 Å². The fraction of sp³-hybridized carbons (Fsp3) is 0.526. The second-order valence-electron chi connectivity index (χ2n) is 6.40. The van der Waals surface area contributed by atoms with E-state index in [0.29, 0.717) is 30.2 Å². The first kappa shape index (κ1) is 14.5. The first-order valence-corrected chi connectivity index (χ1v) is 8.24. The highest BCUT2D eigenvalue weighted by Crippen LogP contribution is 2.42. The van der Waals surface area contributed by atoms with Gasteiger partial charge in [0.25, 0.3) is 0 Å². The minimum atomic E-state index is 0.168. The molecule has 0 amide bonds. The molecule has 1 aromatic carbocycles. The van der Waals surface area contributed by atoms with Gasteiger partial charge in [0.15, 0.2) is 0 Å². The quantitative estimate of drug-likeness (QED) is 0.907. The van der Waals surface area contributed by atoms with Crippen LogP contribution in [0.4, 0.5) is 0 Å². The van der Waals surface area contributed by atoms with Crippen LogP contribution in [-0.4, -0.2) is 17.9 Å². The SMILES string of the molecule is C/C=C/c1ccc([C@H]2CC3CCC(N3)[C@H]2C(=O)CC)cc1. The first-order valence-electron chi connectivity index (χ1n) is 8.24. The second kappa shape index (κ2) is 6.15. The Morgan fingerprint density at radius 3 is 2.71 bits per heavy atom. The van der Waals surface area contributed by atoms with Crippen molar-refractivity contribution in [2.24, 2.45) is 5.92 Å². The molecular weight excluding hydrogens is 258 g/mol. The number of carbonyl (C=O) groups is 1. The van der Waals surface area contributed by atoms with E-state index in [4.69, 9.17) is 0 Å². The van der Waals surface area contributed by atoms with Gasteiger partial charge < -0.3 is 5.32 Å². The molecule has 4 atom stereocenters. The van der Waals surface area contributed by atoms with E-state index in [-0.39, 0.29) is 5.92 Å². The van der Waals surface area contributed by atoms with Crippen LogP contribution in [-0.2, 0) is 4.79 Å². The lowest BCUT2D eigenvalue weighted by Crippen LogP contribution is -2.47. The van der Waals surface area contributed by atoms with Crippen molar-refractivity contribution in [3.8, 4) is 0 Å². The molecule has 2 aliphatic rings. The Hall–Kier alpha value is -1.41. The van der Waals surface area contributed by atoms with E-state index in [1.165, 1.54) is 17.5 Å². The summed E-state index contributed by atoms with van der Waals surface area (Å²) in [6.07, 6.45) is 8.32. The van der Waals surface area contributed by atoms with E-state index in [2.05, 4.69) is 41.7 Å². The normalized spacial score (nSPS) is 31.7. The van der Waals surface area contributed by atoms with Gasteiger partial charge in [0.2, 0.25) is 0 Å². The summed E-state index contributed by atoms with van der Waals surface area (Å²) < 4.78 is 0. The number of piperidine rings is 1. The third-order valence-electron chi connectivity index (χ3n) is 5.13. The summed E-state index contributed by atoms with van der Waals surface area (Å²) in [5.41, 5.74) is 2.57. The first-order chi connectivity index (χ1) is 10.2. The third kappa shape index (κ3) is 2.82. The van der Waals surface area contributed by atoms with E-state index in [1.807, 2.05) is 13.8 Å². The Kier molecular flexibility index (Phi) is 4.25. The molecule has 112 valence electrons. The molecule has 2 saturated heterocycles. The lowest BCUT2D eigenvalue weighted by atomic mass is 9.74. The van der Waals surface area contributed by atoms with Crippen molar-refractivity contribution >= 4 is 11.9 Å². The van der Waals surface area contributed by atoms with Crippen molar-refractivity contribution < 1.29 is 4.79 Å². The number of Topliss-reactive ketones (excluding diaryl/α,β-unsaturated/α-hetero) is 1. The van der Waals surface area contributed by atoms with E-state index in [0.717, 1.165) is 12.8 Å². The van der Waals surface area contributed by atoms with Gasteiger partial charge in [-0.05, 0) is 43.2 Å². The zero-order valence-electron chi connectivity index (χ0n) is 13.0. The summed E-state index contributed by atoms with van der Waals surface area (Å²) in [6, 6.07) is 9.80. The number of benzene rings is 1. The fourth-order valence-corrected chi connectivity index (χ4v) is 4.13. The zero-order valence-corrected chi connectivity index (χ0v) is 13.0. The molecule has 2 heterocycles. The molecule has 2 fully saturated rings. The van der Waals surface area contributed by atoms with Gasteiger partial charge in [-0.3, -0.25) is 4.79 Å². The number of hydrogen-bond donors (Lipinski definition) is 1. The molecule has 2 nitrogen and oxygen atoms in total. The highest BCUT2D eigenvalue weighted by atomic mass is 16.1. The molecule has 0 radical (unpaired) electrons. The Labute approximate surface area is 127 Å². The Bertz CT molecular complexity index is 531. The molecule has 2 aliphatic heterocycles. The number of allylic oxidation sites excluding steroid dienone is 1. The molecular formula is C19H25NO. The van der Waals surface area contributed by atoms with Crippen molar-refractivity contribution in [1.82, 2.24) is 5.32 Å². The lowest BCUT2D eigenvalue weighted by Gasteiger charge is -2.37. The van der Waals surface area contributed by atoms with Crippen LogP contribution in [0, 0.1) is 5.92 Å². The predicted octanol–water partition coefficient (Wildman–Crippen LogP) is 3.92. The molecule has 21 heavy (non-hydrogen) atoms. The molecule has 0 saturated carbocycles. The van der Waals surface area contributed by atoms with Gasteiger partial charge in [-0.25, -0.2) is 0 Å². The van der Waals surface area contributed by atoms with Crippen molar-refractivity contribution in [3.63, 3.8) is 0 Å². The van der Waals surface area contributed by atoms with Crippen LogP contribution in [0.2, 0.25) is 0 Å². The highest BCUT2D eigenvalue weighted by molar-refractivity contribution is 5.82. The van der Waals surface area contributed by atoms with E-state index >= 15 is 0 Å². The Morgan fingerprint density at radius 2 is 2.05 bits per heavy atom. The lowest BCUT2D eigenvalue weighted by molar-refractivity contribution is -0.124. The number of fused-ring (bicyclic) bond motifs is 2. The maximum Gasteiger partial charge on any atom is 0.137 e. The number of hydrogen-bond acceptors (Lipinski definition) is 2. The van der Waals surface area contributed by atoms with Gasteiger partial charge in [0.1, 0.15) is 5.78 Å². The summed E-state index contributed by atoms with van der Waals surface area (Å²) >= 11 is 0. The number of rotatable bonds is 4. The number of carbonyl (C=O) groups excluding carboxylic acids is 1. The maximum absolute atomic E-state index is 12.5. The van der Waals surface area contributed by atoms with Crippen LogP contribution in [0.3, 0.4) is 0 Å². The zero-order chi connectivity index (χ0) is 14.8. The van der Waals surface area contributed by atoms with Gasteiger partial charge >= 0.3 is 0 Å². The molecule has 2 bridgehead atoms. The molecule has 1 N–H and O–H groups in total. The monoisotopic (exact) mass is 283 g/mol. The van der Waals surface area contributed by atoms with Gasteiger partial charge in [-0.2, -0.15) is 0 Å². The molecule has 1 aromatic rings. The molecule has 0 aromatic heterocycles. The third-order valence-corrected chi connectivity index (χ3v) is 5.13. The number of nitrogens with one attached hydrogen (secondary N) is 1. The average molecular weight is 283 g/mol. The minimum Gasteiger partial charge on any atom is -0.310 e. The van der Waals surface area contributed by atoms with Crippen LogP contribution >= 0.6 is 0 Å². The smallest absolute Gasteiger partial charge is 0.137 e. The maximum atomic E-state index is 12.5. The summed E-state index contributed by atoms with van der Waals surface area (Å²) in [6.45, 7) is 4.03. The fourth-order valence-electron chi connectivity index (χ4n) is 4.13. The van der Waals surface area contributed by atoms with E-state index < -0.39 is 0 Å². The van der Waals surface area contributed by atoms with Crippen molar-refractivity contribution in [3.05, 3.63) is 41.5 Å². The van der Waals surface area contributed by atoms with E-state index in [9.17, 15) is 4.79 Å². The highest BCUT2D eigenvalue weighted by Gasteiger charge is 2.44. The summed E-state index contributed by atoms with van der Waals surface area (Å²) in [5, 5.41) is 3.66. The molecule has 2 heteroatoms. The summed E-state index contributed by atoms with van der Waals surface area (Å²) in [5.74, 6) is 0.993. The van der Waals surface area contributed by atoms with Gasteiger partial charge in [0.05, 0.1) is 0 Å². The summed E-state index contributed by atoms with van der Waals surface area (Å²) in [7, 11) is 0. The standard InChI is InChI=1S/C19H25NO/c1-3-5-13-6-8-14(9-7-13)16-12-15-10-11-17(20-15)19(16)18(21)4-2/h3,5-9,15-17,19-20H,4,10-12H2,1-2H3/b5-3+/t15?,16-,17?,19+/m1/s1. The van der Waals surface area contributed by atoms with Crippen LogP contribution < -0.4 is 5.32 Å². The minimum absolute atomic E-state index is 0.168. The summed E-state index contributed by atoms with van der Waals surface area (Å²) in [4.78, 5) is 12.5. The van der Waals surface area contributed by atoms with Gasteiger partial charge in [-0.15, -0.1) is 0 Å². The Morgan fingerprint density at radius 1 is 1.29 bits per heavy atom. The molecule has 0 aliphatic carbocycles. The molecule has 2 unspecified atom stereocenters. The van der Waals surface area contributed by atoms with Crippen molar-refractivity contribution in [2.45, 2.75) is 57.5 Å². The van der Waals surface area contributed by atoms with Crippen LogP contribution in [0.25, 0.3) is 6.08 Å².